The van der Waals surface area contributed by atoms with Crippen LogP contribution in [0.15, 0.2) is 0 Å². The fourth-order valence-electron chi connectivity index (χ4n) is 1.66. The largest absolute Gasteiger partial charge is 0.467 e. The van der Waals surface area contributed by atoms with E-state index in [1.54, 1.807) is 0 Å². The van der Waals surface area contributed by atoms with Gasteiger partial charge in [0, 0.05) is 21.0 Å². The third-order valence-electron chi connectivity index (χ3n) is 2.41. The highest BCUT2D eigenvalue weighted by Gasteiger charge is 2.47. The Hall–Kier alpha value is -1.24. The van der Waals surface area contributed by atoms with E-state index in [0.29, 0.717) is 0 Å². The van der Waals surface area contributed by atoms with Gasteiger partial charge in [0.2, 0.25) is 0 Å². The molecule has 0 N–H and O–H groups in total. The Morgan fingerprint density at radius 3 is 2.10 bits per heavy atom. The summed E-state index contributed by atoms with van der Waals surface area (Å²) in [5.41, 5.74) is 0. The van der Waals surface area contributed by atoms with Crippen molar-refractivity contribution in [3.8, 4) is 0 Å². The van der Waals surface area contributed by atoms with Crippen LogP contribution in [0.25, 0.3) is 0 Å². The van der Waals surface area contributed by atoms with Gasteiger partial charge < -0.3 is 23.7 Å². The number of carbonyl (C=O) groups is 3. The van der Waals surface area contributed by atoms with Gasteiger partial charge in [-0.3, -0.25) is 9.59 Å². The number of rotatable bonds is 4. The molecule has 8 nitrogen and oxygen atoms in total. The Balaban J connectivity index is 2.98. The zero-order valence-electron chi connectivity index (χ0n) is 11.6. The molecule has 1 aliphatic heterocycles. The van der Waals surface area contributed by atoms with Crippen LogP contribution in [-0.2, 0) is 38.1 Å². The van der Waals surface area contributed by atoms with E-state index >= 15 is 0 Å². The standard InChI is InChI=1S/C11H17O8P/c1-5(12)17-8-7(9(14)15-3)19-11(16-4)20-10(8)18-6(2)13/h7-8,10-11,20H,1-4H3/t7-,8?,10+,11+/m0/s1. The third kappa shape index (κ3) is 4.40. The van der Waals surface area contributed by atoms with Crippen molar-refractivity contribution in [3.63, 3.8) is 0 Å². The normalized spacial score (nSPS) is 30.6. The van der Waals surface area contributed by atoms with Crippen molar-refractivity contribution >= 4 is 26.5 Å². The van der Waals surface area contributed by atoms with Crippen molar-refractivity contribution in [1.29, 1.82) is 0 Å². The Kier molecular flexibility index (Phi) is 6.32. The number of hydrogen-bond acceptors (Lipinski definition) is 8. The molecular weight excluding hydrogens is 291 g/mol. The second kappa shape index (κ2) is 7.52. The maximum Gasteiger partial charge on any atom is 0.339 e. The highest BCUT2D eigenvalue weighted by Crippen LogP contribution is 2.39. The number of esters is 3. The first kappa shape index (κ1) is 16.8. The number of hydrogen-bond donors (Lipinski definition) is 0. The van der Waals surface area contributed by atoms with Crippen LogP contribution in [-0.4, -0.2) is 56.2 Å². The predicted molar refractivity (Wildman–Crippen MR) is 67.1 cm³/mol. The van der Waals surface area contributed by atoms with Gasteiger partial charge in [-0.25, -0.2) is 4.79 Å². The predicted octanol–water partition coefficient (Wildman–Crippen LogP) is -0.0124. The Morgan fingerprint density at radius 1 is 1.05 bits per heavy atom. The third-order valence-corrected chi connectivity index (χ3v) is 3.83. The highest BCUT2D eigenvalue weighted by atomic mass is 31.1. The molecule has 0 aromatic heterocycles. The van der Waals surface area contributed by atoms with E-state index in [4.69, 9.17) is 18.9 Å². The van der Waals surface area contributed by atoms with E-state index in [1.165, 1.54) is 28.1 Å². The van der Waals surface area contributed by atoms with E-state index in [1.807, 2.05) is 0 Å². The van der Waals surface area contributed by atoms with Crippen molar-refractivity contribution in [1.82, 2.24) is 0 Å². The van der Waals surface area contributed by atoms with Gasteiger partial charge in [0.1, 0.15) is 0 Å². The molecule has 5 atom stereocenters. The summed E-state index contributed by atoms with van der Waals surface area (Å²) in [5.74, 6) is -2.73. The lowest BCUT2D eigenvalue weighted by Crippen LogP contribution is -2.52. The summed E-state index contributed by atoms with van der Waals surface area (Å²) in [6.45, 7) is 2.41. The van der Waals surface area contributed by atoms with Gasteiger partial charge in [0.15, 0.2) is 24.1 Å². The fraction of sp³-hybridized carbons (Fsp3) is 0.727. The zero-order chi connectivity index (χ0) is 15.3. The maximum absolute atomic E-state index is 11.7. The van der Waals surface area contributed by atoms with E-state index in [-0.39, 0.29) is 8.58 Å². The summed E-state index contributed by atoms with van der Waals surface area (Å²) in [6, 6.07) is -0.741. The average Bonchev–Trinajstić information content (AvgIpc) is 2.38. The van der Waals surface area contributed by atoms with Crippen molar-refractivity contribution in [2.45, 2.75) is 37.9 Å². The lowest BCUT2D eigenvalue weighted by molar-refractivity contribution is -0.205. The molecule has 0 bridgehead atoms. The maximum atomic E-state index is 11.7. The molecule has 0 aliphatic carbocycles. The summed E-state index contributed by atoms with van der Waals surface area (Å²) < 4.78 is 25.1. The molecule has 1 heterocycles. The molecule has 1 aliphatic rings. The molecule has 0 radical (unpaired) electrons. The first-order valence-corrected chi connectivity index (χ1v) is 6.91. The second-order valence-electron chi connectivity index (χ2n) is 3.92. The number of ether oxygens (including phenoxy) is 5. The molecule has 2 unspecified atom stereocenters. The van der Waals surface area contributed by atoms with E-state index in [9.17, 15) is 14.4 Å². The molecule has 114 valence electrons. The van der Waals surface area contributed by atoms with Crippen molar-refractivity contribution in [2.75, 3.05) is 14.2 Å². The van der Waals surface area contributed by atoms with E-state index in [2.05, 4.69) is 4.74 Å². The molecule has 0 aromatic rings. The minimum atomic E-state index is -1.21. The fourth-order valence-corrected chi connectivity index (χ4v) is 2.96. The van der Waals surface area contributed by atoms with Crippen LogP contribution >= 0.6 is 8.58 Å². The van der Waals surface area contributed by atoms with Gasteiger partial charge in [-0.15, -0.1) is 0 Å². The summed E-state index contributed by atoms with van der Waals surface area (Å²) in [4.78, 5) is 34.0. The van der Waals surface area contributed by atoms with E-state index < -0.39 is 42.0 Å². The molecule has 1 fully saturated rings. The molecule has 1 rings (SSSR count). The molecular formula is C11H17O8P. The number of methoxy groups -OCH3 is 2. The Morgan fingerprint density at radius 2 is 1.65 bits per heavy atom. The molecule has 0 spiro atoms. The average molecular weight is 308 g/mol. The van der Waals surface area contributed by atoms with Crippen molar-refractivity contribution in [2.24, 2.45) is 0 Å². The SMILES string of the molecule is COC(=O)[C@H]1O[C@@H](OC)P[C@@H](OC(C)=O)C1OC(C)=O. The number of carbonyl (C=O) groups excluding carboxylic acids is 3. The van der Waals surface area contributed by atoms with Crippen LogP contribution in [0.4, 0.5) is 0 Å². The van der Waals surface area contributed by atoms with Crippen LogP contribution in [0.1, 0.15) is 13.8 Å². The van der Waals surface area contributed by atoms with Gasteiger partial charge in [-0.1, -0.05) is 0 Å². The summed E-state index contributed by atoms with van der Waals surface area (Å²) >= 11 is 0. The lowest BCUT2D eigenvalue weighted by Gasteiger charge is -2.38. The molecule has 0 aromatic carbocycles. The van der Waals surface area contributed by atoms with Gasteiger partial charge in [0.25, 0.3) is 0 Å². The molecule has 0 amide bonds. The van der Waals surface area contributed by atoms with Gasteiger partial charge in [-0.05, 0) is 8.58 Å². The first-order chi connectivity index (χ1) is 9.38. The van der Waals surface area contributed by atoms with Gasteiger partial charge in [-0.2, -0.15) is 0 Å². The Labute approximate surface area is 117 Å². The lowest BCUT2D eigenvalue weighted by atomic mass is 10.2. The minimum Gasteiger partial charge on any atom is -0.467 e. The summed E-state index contributed by atoms with van der Waals surface area (Å²) in [6.07, 6.45) is -2.27. The highest BCUT2D eigenvalue weighted by molar-refractivity contribution is 7.39. The smallest absolute Gasteiger partial charge is 0.339 e. The summed E-state index contributed by atoms with van der Waals surface area (Å²) in [7, 11) is 2.43. The van der Waals surface area contributed by atoms with Crippen LogP contribution in [0.3, 0.4) is 0 Å². The summed E-state index contributed by atoms with van der Waals surface area (Å²) in [5, 5.41) is 0. The molecule has 1 saturated heterocycles. The van der Waals surface area contributed by atoms with Crippen LogP contribution in [0, 0.1) is 0 Å². The van der Waals surface area contributed by atoms with E-state index in [0.717, 1.165) is 0 Å². The van der Waals surface area contributed by atoms with Gasteiger partial charge in [0.05, 0.1) is 7.11 Å². The van der Waals surface area contributed by atoms with Crippen molar-refractivity contribution in [3.05, 3.63) is 0 Å². The topological polar surface area (TPSA) is 97.4 Å². The monoisotopic (exact) mass is 308 g/mol. The van der Waals surface area contributed by atoms with Crippen LogP contribution < -0.4 is 0 Å². The zero-order valence-corrected chi connectivity index (χ0v) is 12.6. The quantitative estimate of drug-likeness (QED) is 0.406. The second-order valence-corrected chi connectivity index (χ2v) is 5.29. The molecule has 0 saturated carbocycles. The van der Waals surface area contributed by atoms with Crippen LogP contribution in [0.2, 0.25) is 0 Å². The van der Waals surface area contributed by atoms with Crippen molar-refractivity contribution < 1.29 is 38.1 Å². The molecule has 9 heteroatoms. The minimum absolute atomic E-state index is 0.136. The first-order valence-electron chi connectivity index (χ1n) is 5.75. The van der Waals surface area contributed by atoms with Gasteiger partial charge >= 0.3 is 17.9 Å². The molecule has 20 heavy (non-hydrogen) atoms. The van der Waals surface area contributed by atoms with Crippen LogP contribution in [0.5, 0.6) is 0 Å². The Bertz CT molecular complexity index is 385.